The van der Waals surface area contributed by atoms with Crippen molar-refractivity contribution in [2.45, 2.75) is 33.1 Å². The number of amides is 1. The predicted molar refractivity (Wildman–Crippen MR) is 54.4 cm³/mol. The standard InChI is InChI=1S/C11H18N2O/c1-3-4-10-5-11(14)13(8-10)7-9(2)6-12/h9-10H,3-5,7-8H2,1-2H3. The lowest BCUT2D eigenvalue weighted by molar-refractivity contribution is -0.128. The van der Waals surface area contributed by atoms with Gasteiger partial charge >= 0.3 is 0 Å². The lowest BCUT2D eigenvalue weighted by atomic mass is 10.0. The van der Waals surface area contributed by atoms with Crippen LogP contribution in [0.3, 0.4) is 0 Å². The largest absolute Gasteiger partial charge is 0.341 e. The van der Waals surface area contributed by atoms with Gasteiger partial charge < -0.3 is 4.90 Å². The molecule has 0 aliphatic carbocycles. The highest BCUT2D eigenvalue weighted by atomic mass is 16.2. The van der Waals surface area contributed by atoms with Crippen LogP contribution in [0.5, 0.6) is 0 Å². The number of likely N-dealkylation sites (tertiary alicyclic amines) is 1. The molecule has 78 valence electrons. The van der Waals surface area contributed by atoms with Gasteiger partial charge in [-0.3, -0.25) is 4.79 Å². The zero-order valence-corrected chi connectivity index (χ0v) is 8.99. The van der Waals surface area contributed by atoms with Gasteiger partial charge in [-0.1, -0.05) is 13.3 Å². The van der Waals surface area contributed by atoms with E-state index in [1.807, 2.05) is 11.8 Å². The summed E-state index contributed by atoms with van der Waals surface area (Å²) in [5.74, 6) is 0.711. The molecule has 1 fully saturated rings. The Balaban J connectivity index is 2.41. The first-order valence-corrected chi connectivity index (χ1v) is 5.34. The zero-order chi connectivity index (χ0) is 10.6. The molecule has 0 N–H and O–H groups in total. The molecule has 0 aromatic rings. The van der Waals surface area contributed by atoms with Crippen molar-refractivity contribution in [1.29, 1.82) is 5.26 Å². The van der Waals surface area contributed by atoms with Crippen LogP contribution in [0.2, 0.25) is 0 Å². The normalized spacial score (nSPS) is 23.6. The van der Waals surface area contributed by atoms with Gasteiger partial charge in [0.1, 0.15) is 0 Å². The van der Waals surface area contributed by atoms with Crippen molar-refractivity contribution in [3.8, 4) is 6.07 Å². The Morgan fingerprint density at radius 3 is 3.00 bits per heavy atom. The minimum Gasteiger partial charge on any atom is -0.341 e. The second-order valence-electron chi connectivity index (χ2n) is 4.19. The highest BCUT2D eigenvalue weighted by molar-refractivity contribution is 5.78. The van der Waals surface area contributed by atoms with Crippen molar-refractivity contribution in [3.05, 3.63) is 0 Å². The topological polar surface area (TPSA) is 44.1 Å². The Morgan fingerprint density at radius 2 is 2.43 bits per heavy atom. The second-order valence-corrected chi connectivity index (χ2v) is 4.19. The van der Waals surface area contributed by atoms with Gasteiger partial charge in [-0.2, -0.15) is 5.26 Å². The Morgan fingerprint density at radius 1 is 1.71 bits per heavy atom. The summed E-state index contributed by atoms with van der Waals surface area (Å²) < 4.78 is 0. The third kappa shape index (κ3) is 2.73. The summed E-state index contributed by atoms with van der Waals surface area (Å²) in [6.45, 7) is 5.47. The van der Waals surface area contributed by atoms with Crippen molar-refractivity contribution >= 4 is 5.91 Å². The van der Waals surface area contributed by atoms with Gasteiger partial charge in [0.05, 0.1) is 12.0 Å². The quantitative estimate of drug-likeness (QED) is 0.685. The average Bonchev–Trinajstić information content (AvgIpc) is 2.47. The van der Waals surface area contributed by atoms with E-state index >= 15 is 0 Å². The smallest absolute Gasteiger partial charge is 0.222 e. The van der Waals surface area contributed by atoms with Gasteiger partial charge in [-0.05, 0) is 19.3 Å². The third-order valence-electron chi connectivity index (χ3n) is 2.71. The van der Waals surface area contributed by atoms with E-state index in [2.05, 4.69) is 13.0 Å². The van der Waals surface area contributed by atoms with E-state index in [9.17, 15) is 4.79 Å². The molecule has 2 unspecified atom stereocenters. The minimum atomic E-state index is -0.0423. The predicted octanol–water partition coefficient (Wildman–Crippen LogP) is 1.79. The molecule has 3 heteroatoms. The van der Waals surface area contributed by atoms with Gasteiger partial charge in [0.15, 0.2) is 0 Å². The first-order chi connectivity index (χ1) is 6.67. The van der Waals surface area contributed by atoms with Crippen LogP contribution < -0.4 is 0 Å². The summed E-state index contributed by atoms with van der Waals surface area (Å²) in [7, 11) is 0. The molecule has 1 heterocycles. The molecule has 0 saturated carbocycles. The van der Waals surface area contributed by atoms with E-state index in [0.29, 0.717) is 18.9 Å². The maximum atomic E-state index is 11.5. The zero-order valence-electron chi connectivity index (χ0n) is 8.99. The monoisotopic (exact) mass is 194 g/mol. The molecule has 0 bridgehead atoms. The van der Waals surface area contributed by atoms with E-state index < -0.39 is 0 Å². The fraction of sp³-hybridized carbons (Fsp3) is 0.818. The van der Waals surface area contributed by atoms with Crippen LogP contribution in [0.25, 0.3) is 0 Å². The summed E-state index contributed by atoms with van der Waals surface area (Å²) in [6.07, 6.45) is 2.95. The van der Waals surface area contributed by atoms with Gasteiger partial charge in [0.25, 0.3) is 0 Å². The molecule has 3 nitrogen and oxygen atoms in total. The maximum absolute atomic E-state index is 11.5. The number of nitrogens with zero attached hydrogens (tertiary/aromatic N) is 2. The van der Waals surface area contributed by atoms with Crippen molar-refractivity contribution in [3.63, 3.8) is 0 Å². The first-order valence-electron chi connectivity index (χ1n) is 5.34. The number of hydrogen-bond acceptors (Lipinski definition) is 2. The summed E-state index contributed by atoms with van der Waals surface area (Å²) in [5.41, 5.74) is 0. The van der Waals surface area contributed by atoms with Crippen LogP contribution in [0.1, 0.15) is 33.1 Å². The minimum absolute atomic E-state index is 0.0423. The molecule has 2 atom stereocenters. The summed E-state index contributed by atoms with van der Waals surface area (Å²) in [4.78, 5) is 13.4. The van der Waals surface area contributed by atoms with Crippen molar-refractivity contribution in [2.75, 3.05) is 13.1 Å². The lowest BCUT2D eigenvalue weighted by Gasteiger charge is -2.17. The van der Waals surface area contributed by atoms with Crippen molar-refractivity contribution < 1.29 is 4.79 Å². The Hall–Kier alpha value is -1.04. The van der Waals surface area contributed by atoms with Crippen LogP contribution in [-0.2, 0) is 4.79 Å². The van der Waals surface area contributed by atoms with E-state index in [1.54, 1.807) is 0 Å². The molecule has 14 heavy (non-hydrogen) atoms. The second kappa shape index (κ2) is 4.99. The highest BCUT2D eigenvalue weighted by Gasteiger charge is 2.29. The number of rotatable bonds is 4. The number of carbonyl (C=O) groups excluding carboxylic acids is 1. The van der Waals surface area contributed by atoms with Gasteiger partial charge in [0, 0.05) is 19.5 Å². The van der Waals surface area contributed by atoms with Crippen molar-refractivity contribution in [1.82, 2.24) is 4.90 Å². The van der Waals surface area contributed by atoms with Gasteiger partial charge in [-0.15, -0.1) is 0 Å². The number of nitriles is 1. The first kappa shape index (κ1) is 11.0. The van der Waals surface area contributed by atoms with Crippen LogP contribution in [-0.4, -0.2) is 23.9 Å². The Kier molecular flexibility index (Phi) is 3.94. The maximum Gasteiger partial charge on any atom is 0.222 e. The van der Waals surface area contributed by atoms with E-state index in [0.717, 1.165) is 19.4 Å². The molecule has 0 radical (unpaired) electrons. The van der Waals surface area contributed by atoms with E-state index in [4.69, 9.17) is 5.26 Å². The van der Waals surface area contributed by atoms with Crippen LogP contribution in [0.15, 0.2) is 0 Å². The van der Waals surface area contributed by atoms with Crippen molar-refractivity contribution in [2.24, 2.45) is 11.8 Å². The van der Waals surface area contributed by atoms with Gasteiger partial charge in [-0.25, -0.2) is 0 Å². The highest BCUT2D eigenvalue weighted by Crippen LogP contribution is 2.22. The SMILES string of the molecule is CCCC1CC(=O)N(CC(C)C#N)C1. The number of hydrogen-bond donors (Lipinski definition) is 0. The molecule has 1 saturated heterocycles. The molecular formula is C11H18N2O. The average molecular weight is 194 g/mol. The lowest BCUT2D eigenvalue weighted by Crippen LogP contribution is -2.29. The molecule has 1 amide bonds. The van der Waals surface area contributed by atoms with Gasteiger partial charge in [0.2, 0.25) is 5.91 Å². The molecule has 1 aliphatic rings. The fourth-order valence-corrected chi connectivity index (χ4v) is 2.00. The summed E-state index contributed by atoms with van der Waals surface area (Å²) >= 11 is 0. The fourth-order valence-electron chi connectivity index (χ4n) is 2.00. The number of carbonyl (C=O) groups is 1. The Labute approximate surface area is 85.7 Å². The molecule has 0 aromatic carbocycles. The van der Waals surface area contributed by atoms with Crippen LogP contribution in [0, 0.1) is 23.2 Å². The molecule has 0 spiro atoms. The molecular weight excluding hydrogens is 176 g/mol. The van der Waals surface area contributed by atoms with Crippen LogP contribution in [0.4, 0.5) is 0 Å². The van der Waals surface area contributed by atoms with Crippen LogP contribution >= 0.6 is 0 Å². The summed E-state index contributed by atoms with van der Waals surface area (Å²) in [5, 5.41) is 8.66. The van der Waals surface area contributed by atoms with E-state index in [1.165, 1.54) is 0 Å². The Bertz CT molecular complexity index is 244. The van der Waals surface area contributed by atoms with E-state index in [-0.39, 0.29) is 11.8 Å². The molecule has 1 aliphatic heterocycles. The molecule has 1 rings (SSSR count). The summed E-state index contributed by atoms with van der Waals surface area (Å²) in [6, 6.07) is 2.17. The molecule has 0 aromatic heterocycles. The third-order valence-corrected chi connectivity index (χ3v) is 2.71.